The molecular weight excluding hydrogens is 170 g/mol. The summed E-state index contributed by atoms with van der Waals surface area (Å²) in [5, 5.41) is 9.00. The Morgan fingerprint density at radius 2 is 2.38 bits per heavy atom. The number of β-amino-alcohol motifs (C(OH)–C–C–N with tert-alkyl or cyclic N) is 1. The van der Waals surface area contributed by atoms with Crippen molar-refractivity contribution in [2.45, 2.75) is 6.10 Å². The number of imidazole rings is 1. The topological polar surface area (TPSA) is 58.4 Å². The van der Waals surface area contributed by atoms with Crippen LogP contribution in [0, 0.1) is 0 Å². The number of aliphatic hydroxyl groups is 1. The van der Waals surface area contributed by atoms with E-state index in [2.05, 4.69) is 4.98 Å². The number of nitrogens with zero attached hydrogens (tertiary/aromatic N) is 3. The maximum absolute atomic E-state index is 11.5. The molecule has 5 nitrogen and oxygen atoms in total. The lowest BCUT2D eigenvalue weighted by molar-refractivity contribution is 0.00553. The third-order valence-electron chi connectivity index (χ3n) is 2.07. The number of carbonyl (C=O) groups is 1. The zero-order chi connectivity index (χ0) is 9.42. The van der Waals surface area contributed by atoms with Crippen molar-refractivity contribution < 1.29 is 9.90 Å². The van der Waals surface area contributed by atoms with E-state index in [9.17, 15) is 4.79 Å². The Kier molecular flexibility index (Phi) is 1.81. The van der Waals surface area contributed by atoms with Crippen LogP contribution in [0.5, 0.6) is 0 Å². The Labute approximate surface area is 75.6 Å². The molecule has 0 radical (unpaired) electrons. The highest BCUT2D eigenvalue weighted by molar-refractivity contribution is 5.92. The summed E-state index contributed by atoms with van der Waals surface area (Å²) in [6.07, 6.45) is 2.91. The minimum atomic E-state index is -0.354. The van der Waals surface area contributed by atoms with Crippen LogP contribution in [-0.2, 0) is 7.05 Å². The standard InChI is InChI=1S/C8H11N3O2/c1-10-4-7(9-5-10)8(13)11-2-6(12)3-11/h4-6,12H,2-3H2,1H3. The molecule has 0 aromatic carbocycles. The molecule has 1 aliphatic heterocycles. The second kappa shape index (κ2) is 2.85. The minimum absolute atomic E-state index is 0.106. The number of likely N-dealkylation sites (tertiary alicyclic amines) is 1. The van der Waals surface area contributed by atoms with Crippen LogP contribution in [0.1, 0.15) is 10.5 Å². The molecule has 0 bridgehead atoms. The summed E-state index contributed by atoms with van der Waals surface area (Å²) in [6, 6.07) is 0. The van der Waals surface area contributed by atoms with Gasteiger partial charge in [0.2, 0.25) is 0 Å². The molecule has 0 atom stereocenters. The van der Waals surface area contributed by atoms with Crippen molar-refractivity contribution in [2.24, 2.45) is 7.05 Å². The zero-order valence-corrected chi connectivity index (χ0v) is 7.34. The molecule has 0 unspecified atom stereocenters. The van der Waals surface area contributed by atoms with Crippen molar-refractivity contribution in [2.75, 3.05) is 13.1 Å². The second-order valence-electron chi connectivity index (χ2n) is 3.29. The largest absolute Gasteiger partial charge is 0.389 e. The molecule has 2 heterocycles. The van der Waals surface area contributed by atoms with Gasteiger partial charge in [0.05, 0.1) is 12.4 Å². The Hall–Kier alpha value is -1.36. The van der Waals surface area contributed by atoms with Gasteiger partial charge in [-0.3, -0.25) is 4.79 Å². The van der Waals surface area contributed by atoms with E-state index in [4.69, 9.17) is 5.11 Å². The minimum Gasteiger partial charge on any atom is -0.389 e. The van der Waals surface area contributed by atoms with Crippen molar-refractivity contribution in [3.8, 4) is 0 Å². The maximum Gasteiger partial charge on any atom is 0.274 e. The molecule has 0 saturated carbocycles. The monoisotopic (exact) mass is 181 g/mol. The molecule has 1 saturated heterocycles. The normalized spacial score (nSPS) is 17.2. The number of amides is 1. The molecule has 1 amide bonds. The summed E-state index contributed by atoms with van der Waals surface area (Å²) in [5.74, 6) is -0.106. The fraction of sp³-hybridized carbons (Fsp3) is 0.500. The van der Waals surface area contributed by atoms with E-state index in [1.165, 1.54) is 0 Å². The van der Waals surface area contributed by atoms with E-state index < -0.39 is 0 Å². The smallest absolute Gasteiger partial charge is 0.274 e. The Balaban J connectivity index is 2.06. The number of carbonyl (C=O) groups excluding carboxylic acids is 1. The molecule has 1 N–H and O–H groups in total. The highest BCUT2D eigenvalue weighted by atomic mass is 16.3. The fourth-order valence-corrected chi connectivity index (χ4v) is 1.31. The third kappa shape index (κ3) is 1.42. The number of hydrogen-bond acceptors (Lipinski definition) is 3. The van der Waals surface area contributed by atoms with Crippen molar-refractivity contribution in [1.29, 1.82) is 0 Å². The maximum atomic E-state index is 11.5. The third-order valence-corrected chi connectivity index (χ3v) is 2.07. The van der Waals surface area contributed by atoms with Crippen LogP contribution >= 0.6 is 0 Å². The lowest BCUT2D eigenvalue weighted by Crippen LogP contribution is -2.53. The molecule has 2 rings (SSSR count). The average Bonchev–Trinajstić information content (AvgIpc) is 2.45. The molecule has 1 aliphatic rings. The van der Waals surface area contributed by atoms with Crippen LogP contribution in [0.25, 0.3) is 0 Å². The van der Waals surface area contributed by atoms with Crippen molar-refractivity contribution in [1.82, 2.24) is 14.5 Å². The summed E-state index contributed by atoms with van der Waals surface area (Å²) in [4.78, 5) is 17.0. The molecule has 1 aromatic rings. The van der Waals surface area contributed by atoms with E-state index in [0.29, 0.717) is 18.8 Å². The average molecular weight is 181 g/mol. The van der Waals surface area contributed by atoms with Crippen LogP contribution in [-0.4, -0.2) is 44.7 Å². The number of rotatable bonds is 1. The van der Waals surface area contributed by atoms with Gasteiger partial charge in [-0.2, -0.15) is 0 Å². The van der Waals surface area contributed by atoms with Crippen LogP contribution in [0.3, 0.4) is 0 Å². The number of aliphatic hydroxyl groups excluding tert-OH is 1. The van der Waals surface area contributed by atoms with E-state index in [0.717, 1.165) is 0 Å². The molecule has 1 aromatic heterocycles. The highest BCUT2D eigenvalue weighted by Gasteiger charge is 2.30. The van der Waals surface area contributed by atoms with Gasteiger partial charge >= 0.3 is 0 Å². The quantitative estimate of drug-likeness (QED) is 0.619. The van der Waals surface area contributed by atoms with Crippen LogP contribution in [0.2, 0.25) is 0 Å². The van der Waals surface area contributed by atoms with Crippen molar-refractivity contribution in [3.63, 3.8) is 0 Å². The number of aromatic nitrogens is 2. The van der Waals surface area contributed by atoms with Gasteiger partial charge in [0.25, 0.3) is 5.91 Å². The second-order valence-corrected chi connectivity index (χ2v) is 3.29. The number of hydrogen-bond donors (Lipinski definition) is 1. The Bertz CT molecular complexity index is 328. The van der Waals surface area contributed by atoms with Crippen molar-refractivity contribution >= 4 is 5.91 Å². The van der Waals surface area contributed by atoms with Gasteiger partial charge in [0, 0.05) is 26.3 Å². The van der Waals surface area contributed by atoms with Crippen molar-refractivity contribution in [3.05, 3.63) is 18.2 Å². The first-order valence-electron chi connectivity index (χ1n) is 4.12. The summed E-state index contributed by atoms with van der Waals surface area (Å²) >= 11 is 0. The first kappa shape index (κ1) is 8.25. The van der Waals surface area contributed by atoms with E-state index in [1.54, 1.807) is 22.0 Å². The van der Waals surface area contributed by atoms with Gasteiger partial charge < -0.3 is 14.6 Å². The molecule has 1 fully saturated rings. The first-order chi connectivity index (χ1) is 6.16. The summed E-state index contributed by atoms with van der Waals surface area (Å²) in [6.45, 7) is 0.852. The van der Waals surface area contributed by atoms with Gasteiger partial charge in [-0.1, -0.05) is 0 Å². The predicted octanol–water partition coefficient (Wildman–Crippen LogP) is -0.763. The summed E-state index contributed by atoms with van der Waals surface area (Å²) in [7, 11) is 1.81. The summed E-state index contributed by atoms with van der Waals surface area (Å²) < 4.78 is 1.73. The lowest BCUT2D eigenvalue weighted by atomic mass is 10.1. The predicted molar refractivity (Wildman–Crippen MR) is 45.1 cm³/mol. The lowest BCUT2D eigenvalue weighted by Gasteiger charge is -2.35. The molecule has 5 heteroatoms. The highest BCUT2D eigenvalue weighted by Crippen LogP contribution is 2.11. The molecule has 0 spiro atoms. The first-order valence-corrected chi connectivity index (χ1v) is 4.12. The van der Waals surface area contributed by atoms with E-state index in [-0.39, 0.29) is 12.0 Å². The Morgan fingerprint density at radius 3 is 2.85 bits per heavy atom. The van der Waals surface area contributed by atoms with Gasteiger partial charge in [0.1, 0.15) is 5.69 Å². The van der Waals surface area contributed by atoms with E-state index in [1.807, 2.05) is 7.05 Å². The molecule has 0 aliphatic carbocycles. The fourth-order valence-electron chi connectivity index (χ4n) is 1.31. The Morgan fingerprint density at radius 1 is 1.69 bits per heavy atom. The van der Waals surface area contributed by atoms with Crippen LogP contribution in [0.15, 0.2) is 12.5 Å². The molecule has 13 heavy (non-hydrogen) atoms. The van der Waals surface area contributed by atoms with Gasteiger partial charge in [-0.15, -0.1) is 0 Å². The van der Waals surface area contributed by atoms with Gasteiger partial charge in [-0.05, 0) is 0 Å². The number of aryl methyl sites for hydroxylation is 1. The molecular formula is C8H11N3O2. The van der Waals surface area contributed by atoms with Crippen LogP contribution < -0.4 is 0 Å². The van der Waals surface area contributed by atoms with Gasteiger partial charge in [-0.25, -0.2) is 4.98 Å². The summed E-state index contributed by atoms with van der Waals surface area (Å²) in [5.41, 5.74) is 0.439. The van der Waals surface area contributed by atoms with Crippen LogP contribution in [0.4, 0.5) is 0 Å². The zero-order valence-electron chi connectivity index (χ0n) is 7.34. The van der Waals surface area contributed by atoms with E-state index >= 15 is 0 Å². The molecule has 70 valence electrons. The van der Waals surface area contributed by atoms with Gasteiger partial charge in [0.15, 0.2) is 0 Å². The SMILES string of the molecule is Cn1cnc(C(=O)N2CC(O)C2)c1.